The highest BCUT2D eigenvalue weighted by molar-refractivity contribution is 5.95. The first-order valence-electron chi connectivity index (χ1n) is 6.67. The molecule has 0 radical (unpaired) electrons. The van der Waals surface area contributed by atoms with Crippen molar-refractivity contribution in [1.82, 2.24) is 4.90 Å². The molecule has 1 aliphatic heterocycles. The second kappa shape index (κ2) is 6.57. The van der Waals surface area contributed by atoms with Crippen LogP contribution in [0.25, 0.3) is 0 Å². The molecule has 0 saturated heterocycles. The minimum Gasteiger partial charge on any atom is -0.461 e. The lowest BCUT2D eigenvalue weighted by atomic mass is 10.2. The predicted octanol–water partition coefficient (Wildman–Crippen LogP) is 3.20. The SMILES string of the molecule is CC(C)OC1=NC=CCC(N(C(C)C)C(C)C)=N1. The summed E-state index contributed by atoms with van der Waals surface area (Å²) in [5.74, 6) is 1.02. The fourth-order valence-electron chi connectivity index (χ4n) is 2.08. The zero-order chi connectivity index (χ0) is 13.7. The van der Waals surface area contributed by atoms with Crippen molar-refractivity contribution in [3.8, 4) is 0 Å². The molecule has 4 nitrogen and oxygen atoms in total. The second-order valence-electron chi connectivity index (χ2n) is 5.29. The lowest BCUT2D eigenvalue weighted by molar-refractivity contribution is 0.223. The molecule has 102 valence electrons. The molecule has 0 aromatic rings. The molecule has 1 heterocycles. The Kier molecular flexibility index (Phi) is 5.38. The van der Waals surface area contributed by atoms with Crippen molar-refractivity contribution in [1.29, 1.82) is 0 Å². The Labute approximate surface area is 110 Å². The molecule has 0 bridgehead atoms. The fraction of sp³-hybridized carbons (Fsp3) is 0.714. The van der Waals surface area contributed by atoms with Gasteiger partial charge < -0.3 is 9.64 Å². The van der Waals surface area contributed by atoms with Crippen LogP contribution in [-0.4, -0.2) is 34.9 Å². The van der Waals surface area contributed by atoms with Crippen molar-refractivity contribution in [3.05, 3.63) is 12.3 Å². The smallest absolute Gasteiger partial charge is 0.318 e. The lowest BCUT2D eigenvalue weighted by Gasteiger charge is -2.33. The summed E-state index contributed by atoms with van der Waals surface area (Å²) in [7, 11) is 0. The number of hydrogen-bond acceptors (Lipinski definition) is 4. The average molecular weight is 251 g/mol. The third-order valence-corrected chi connectivity index (χ3v) is 2.57. The van der Waals surface area contributed by atoms with Gasteiger partial charge in [0.25, 0.3) is 0 Å². The van der Waals surface area contributed by atoms with Crippen LogP contribution in [-0.2, 0) is 4.74 Å². The Morgan fingerprint density at radius 2 is 1.72 bits per heavy atom. The zero-order valence-corrected chi connectivity index (χ0v) is 12.3. The summed E-state index contributed by atoms with van der Waals surface area (Å²) in [4.78, 5) is 11.1. The molecule has 0 aromatic carbocycles. The number of nitrogens with zero attached hydrogens (tertiary/aromatic N) is 3. The highest BCUT2D eigenvalue weighted by Crippen LogP contribution is 2.12. The Bertz CT molecular complexity index is 346. The molecule has 18 heavy (non-hydrogen) atoms. The maximum atomic E-state index is 5.60. The Balaban J connectivity index is 2.96. The highest BCUT2D eigenvalue weighted by Gasteiger charge is 2.19. The highest BCUT2D eigenvalue weighted by atomic mass is 16.5. The van der Waals surface area contributed by atoms with Gasteiger partial charge in [-0.2, -0.15) is 4.99 Å². The minimum absolute atomic E-state index is 0.0896. The summed E-state index contributed by atoms with van der Waals surface area (Å²) in [6, 6.07) is 1.28. The summed E-state index contributed by atoms with van der Waals surface area (Å²) >= 11 is 0. The van der Waals surface area contributed by atoms with E-state index in [2.05, 4.69) is 42.6 Å². The molecule has 0 atom stereocenters. The van der Waals surface area contributed by atoms with Crippen molar-refractivity contribution in [3.63, 3.8) is 0 Å². The molecule has 0 unspecified atom stereocenters. The third kappa shape index (κ3) is 4.17. The van der Waals surface area contributed by atoms with Gasteiger partial charge >= 0.3 is 6.02 Å². The van der Waals surface area contributed by atoms with Gasteiger partial charge in [0, 0.05) is 24.7 Å². The topological polar surface area (TPSA) is 37.2 Å². The quantitative estimate of drug-likeness (QED) is 0.772. The van der Waals surface area contributed by atoms with E-state index in [0.29, 0.717) is 18.1 Å². The van der Waals surface area contributed by atoms with Crippen molar-refractivity contribution in [2.75, 3.05) is 0 Å². The maximum Gasteiger partial charge on any atom is 0.318 e. The van der Waals surface area contributed by atoms with E-state index in [1.807, 2.05) is 19.9 Å². The van der Waals surface area contributed by atoms with Gasteiger partial charge in [-0.1, -0.05) is 6.08 Å². The Morgan fingerprint density at radius 3 is 2.22 bits per heavy atom. The summed E-state index contributed by atoms with van der Waals surface area (Å²) in [5, 5.41) is 0. The summed E-state index contributed by atoms with van der Waals surface area (Å²) in [6.07, 6.45) is 4.68. The normalized spacial score (nSPS) is 15.8. The van der Waals surface area contributed by atoms with Crippen LogP contribution in [0.1, 0.15) is 48.0 Å². The molecule has 1 rings (SSSR count). The van der Waals surface area contributed by atoms with E-state index in [4.69, 9.17) is 4.74 Å². The van der Waals surface area contributed by atoms with Gasteiger partial charge in [-0.25, -0.2) is 4.99 Å². The Hall–Kier alpha value is -1.32. The van der Waals surface area contributed by atoms with E-state index in [0.717, 1.165) is 12.3 Å². The minimum atomic E-state index is 0.0896. The summed E-state index contributed by atoms with van der Waals surface area (Å²) in [6.45, 7) is 12.7. The van der Waals surface area contributed by atoms with Crippen molar-refractivity contribution in [2.24, 2.45) is 9.98 Å². The molecule has 0 fully saturated rings. The van der Waals surface area contributed by atoms with Gasteiger partial charge in [0.1, 0.15) is 5.84 Å². The first-order valence-corrected chi connectivity index (χ1v) is 6.67. The third-order valence-electron chi connectivity index (χ3n) is 2.57. The molecule has 0 saturated carbocycles. The van der Waals surface area contributed by atoms with E-state index in [1.54, 1.807) is 6.20 Å². The molecular weight excluding hydrogens is 226 g/mol. The van der Waals surface area contributed by atoms with Crippen LogP contribution >= 0.6 is 0 Å². The van der Waals surface area contributed by atoms with Gasteiger partial charge in [-0.15, -0.1) is 0 Å². The predicted molar refractivity (Wildman–Crippen MR) is 77.0 cm³/mol. The van der Waals surface area contributed by atoms with Gasteiger partial charge in [-0.3, -0.25) is 0 Å². The van der Waals surface area contributed by atoms with Crippen molar-refractivity contribution in [2.45, 2.75) is 66.2 Å². The summed E-state index contributed by atoms with van der Waals surface area (Å²) in [5.41, 5.74) is 0. The zero-order valence-electron chi connectivity index (χ0n) is 12.3. The number of ether oxygens (including phenoxy) is 1. The van der Waals surface area contributed by atoms with Gasteiger partial charge in [0.2, 0.25) is 0 Å². The lowest BCUT2D eigenvalue weighted by Crippen LogP contribution is -2.42. The van der Waals surface area contributed by atoms with E-state index >= 15 is 0 Å². The second-order valence-corrected chi connectivity index (χ2v) is 5.29. The molecule has 0 amide bonds. The van der Waals surface area contributed by atoms with Gasteiger partial charge in [0.15, 0.2) is 0 Å². The molecule has 0 aromatic heterocycles. The average Bonchev–Trinajstić information content (AvgIpc) is 2.41. The standard InChI is InChI=1S/C14H25N3O/c1-10(2)17(11(3)4)13-8-7-9-15-14(16-13)18-12(5)6/h7,9-12H,8H2,1-6H3. The van der Waals surface area contributed by atoms with Crippen molar-refractivity contribution < 1.29 is 4.74 Å². The van der Waals surface area contributed by atoms with Crippen LogP contribution in [0.2, 0.25) is 0 Å². The van der Waals surface area contributed by atoms with Crippen LogP contribution in [0.4, 0.5) is 0 Å². The number of hydrogen-bond donors (Lipinski definition) is 0. The fourth-order valence-corrected chi connectivity index (χ4v) is 2.08. The van der Waals surface area contributed by atoms with E-state index in [1.165, 1.54) is 0 Å². The molecule has 0 N–H and O–H groups in total. The molecular formula is C14H25N3O. The molecule has 0 spiro atoms. The first kappa shape index (κ1) is 14.7. The van der Waals surface area contributed by atoms with Crippen LogP contribution in [0.5, 0.6) is 0 Å². The monoisotopic (exact) mass is 251 g/mol. The molecule has 4 heteroatoms. The maximum absolute atomic E-state index is 5.60. The largest absolute Gasteiger partial charge is 0.461 e. The number of amidine groups is 2. The van der Waals surface area contributed by atoms with E-state index < -0.39 is 0 Å². The van der Waals surface area contributed by atoms with Gasteiger partial charge in [-0.05, 0) is 41.5 Å². The van der Waals surface area contributed by atoms with Crippen LogP contribution in [0.15, 0.2) is 22.3 Å². The number of aliphatic imine (C=N–C) groups is 2. The van der Waals surface area contributed by atoms with Crippen LogP contribution < -0.4 is 0 Å². The van der Waals surface area contributed by atoms with Crippen LogP contribution in [0.3, 0.4) is 0 Å². The van der Waals surface area contributed by atoms with Crippen molar-refractivity contribution >= 4 is 11.9 Å². The molecule has 0 aliphatic carbocycles. The molecule has 1 aliphatic rings. The van der Waals surface area contributed by atoms with Gasteiger partial charge in [0.05, 0.1) is 6.10 Å². The first-order chi connectivity index (χ1) is 8.41. The number of rotatable bonds is 3. The van der Waals surface area contributed by atoms with Crippen LogP contribution in [0, 0.1) is 0 Å². The van der Waals surface area contributed by atoms with E-state index in [-0.39, 0.29) is 6.10 Å². The van der Waals surface area contributed by atoms with E-state index in [9.17, 15) is 0 Å². The Morgan fingerprint density at radius 1 is 1.11 bits per heavy atom. The summed E-state index contributed by atoms with van der Waals surface area (Å²) < 4.78 is 5.60.